The summed E-state index contributed by atoms with van der Waals surface area (Å²) in [5.41, 5.74) is 0.745. The molecule has 0 aliphatic carbocycles. The highest BCUT2D eigenvalue weighted by atomic mass is 19.1. The van der Waals surface area contributed by atoms with Gasteiger partial charge in [0.05, 0.1) is 12.1 Å². The Morgan fingerprint density at radius 3 is 2.65 bits per heavy atom. The van der Waals surface area contributed by atoms with Crippen LogP contribution in [0.3, 0.4) is 0 Å². The van der Waals surface area contributed by atoms with Crippen molar-refractivity contribution < 1.29 is 18.3 Å². The lowest BCUT2D eigenvalue weighted by Crippen LogP contribution is -2.58. The number of ether oxygens (including phenoxy) is 1. The number of carbonyl (C=O) groups excluding carboxylic acids is 1. The van der Waals surface area contributed by atoms with Crippen LogP contribution in [0.2, 0.25) is 0 Å². The minimum absolute atomic E-state index is 0.104. The van der Waals surface area contributed by atoms with E-state index in [1.54, 1.807) is 17.0 Å². The van der Waals surface area contributed by atoms with Gasteiger partial charge in [-0.1, -0.05) is 6.58 Å². The van der Waals surface area contributed by atoms with Gasteiger partial charge < -0.3 is 14.5 Å². The van der Waals surface area contributed by atoms with Gasteiger partial charge in [0, 0.05) is 47.8 Å². The molecule has 5 rings (SSSR count). The molecule has 0 spiro atoms. The third-order valence-electron chi connectivity index (χ3n) is 6.57. The van der Waals surface area contributed by atoms with Crippen molar-refractivity contribution >= 4 is 22.6 Å². The molecule has 0 unspecified atom stereocenters. The number of amides is 1. The molecular formula is C25H24F2N4O3. The van der Waals surface area contributed by atoms with Crippen LogP contribution >= 0.6 is 0 Å². The predicted molar refractivity (Wildman–Crippen MR) is 125 cm³/mol. The molecule has 1 fully saturated rings. The Kier molecular flexibility index (Phi) is 5.34. The van der Waals surface area contributed by atoms with Crippen LogP contribution in [0, 0.1) is 11.6 Å². The van der Waals surface area contributed by atoms with Crippen LogP contribution in [-0.4, -0.2) is 52.1 Å². The summed E-state index contributed by atoms with van der Waals surface area (Å²) < 4.78 is 35.6. The first-order valence-electron chi connectivity index (χ1n) is 11.2. The summed E-state index contributed by atoms with van der Waals surface area (Å²) in [5, 5.41) is 0.697. The van der Waals surface area contributed by atoms with E-state index in [9.17, 15) is 18.4 Å². The Bertz CT molecular complexity index is 1390. The molecule has 2 atom stereocenters. The first kappa shape index (κ1) is 22.1. The Labute approximate surface area is 194 Å². The van der Waals surface area contributed by atoms with Crippen molar-refractivity contribution in [3.8, 4) is 16.9 Å². The molecule has 7 nitrogen and oxygen atoms in total. The maximum Gasteiger partial charge on any atom is 0.350 e. The van der Waals surface area contributed by atoms with Crippen molar-refractivity contribution in [2.24, 2.45) is 0 Å². The van der Waals surface area contributed by atoms with Gasteiger partial charge in [-0.2, -0.15) is 4.98 Å². The second-order valence-corrected chi connectivity index (χ2v) is 8.73. The maximum absolute atomic E-state index is 14.6. The third-order valence-corrected chi connectivity index (χ3v) is 6.57. The maximum atomic E-state index is 14.6. The van der Waals surface area contributed by atoms with E-state index in [2.05, 4.69) is 11.6 Å². The van der Waals surface area contributed by atoms with Gasteiger partial charge in [-0.05, 0) is 44.2 Å². The average molecular weight is 466 g/mol. The molecule has 0 bridgehead atoms. The lowest BCUT2D eigenvalue weighted by atomic mass is 10.00. The van der Waals surface area contributed by atoms with Gasteiger partial charge in [-0.25, -0.2) is 13.6 Å². The summed E-state index contributed by atoms with van der Waals surface area (Å²) in [6.45, 7) is 8.99. The summed E-state index contributed by atoms with van der Waals surface area (Å²) in [6, 6.07) is 6.67. The van der Waals surface area contributed by atoms with E-state index in [1.165, 1.54) is 22.8 Å². The molecule has 2 aliphatic rings. The topological polar surface area (TPSA) is 67.7 Å². The van der Waals surface area contributed by atoms with Crippen LogP contribution in [0.15, 0.2) is 47.8 Å². The number of hydrogen-bond acceptors (Lipinski definition) is 5. The number of aromatic nitrogens is 2. The van der Waals surface area contributed by atoms with Gasteiger partial charge in [0.25, 0.3) is 0 Å². The zero-order valence-corrected chi connectivity index (χ0v) is 18.9. The summed E-state index contributed by atoms with van der Waals surface area (Å²) in [4.78, 5) is 33.5. The Hall–Kier alpha value is -3.75. The minimum Gasteiger partial charge on any atom is -0.489 e. The molecule has 0 saturated carbocycles. The number of benzene rings is 2. The SMILES string of the molecule is C=CC(=O)N1C[C@H](C)N(c2nc(=O)n3c4c(c(-c5ccc(F)cc5F)ccc24)OCC3)C[C@H]1C. The van der Waals surface area contributed by atoms with Crippen LogP contribution in [0.1, 0.15) is 13.8 Å². The number of halogens is 2. The molecule has 1 amide bonds. The Balaban J connectivity index is 1.68. The molecular weight excluding hydrogens is 442 g/mol. The van der Waals surface area contributed by atoms with Crippen molar-refractivity contribution in [3.05, 3.63) is 65.1 Å². The standard InChI is InChI=1S/C25H24F2N4O3/c1-4-21(32)30-12-15(3)31(13-14(30)2)24-19-8-7-18(17-6-5-16(26)11-20(17)27)23-22(19)29(9-10-34-23)25(33)28-24/h4-8,11,14-15H,1,9-10,12-13H2,2-3H3/t14-,15+/m1/s1. The lowest BCUT2D eigenvalue weighted by Gasteiger charge is -2.44. The predicted octanol–water partition coefficient (Wildman–Crippen LogP) is 3.35. The summed E-state index contributed by atoms with van der Waals surface area (Å²) >= 11 is 0. The highest BCUT2D eigenvalue weighted by molar-refractivity contribution is 5.99. The van der Waals surface area contributed by atoms with E-state index >= 15 is 0 Å². The molecule has 1 aromatic heterocycles. The molecule has 176 valence electrons. The fourth-order valence-electron chi connectivity index (χ4n) is 4.90. The van der Waals surface area contributed by atoms with E-state index in [1.807, 2.05) is 18.7 Å². The van der Waals surface area contributed by atoms with E-state index in [-0.39, 0.29) is 30.2 Å². The highest BCUT2D eigenvalue weighted by Crippen LogP contribution is 2.41. The largest absolute Gasteiger partial charge is 0.489 e. The fourth-order valence-corrected chi connectivity index (χ4v) is 4.90. The quantitative estimate of drug-likeness (QED) is 0.554. The van der Waals surface area contributed by atoms with Gasteiger partial charge in [0.2, 0.25) is 5.91 Å². The number of piperazine rings is 1. The molecule has 2 aliphatic heterocycles. The molecule has 0 radical (unpaired) electrons. The zero-order valence-electron chi connectivity index (χ0n) is 18.9. The second kappa shape index (κ2) is 8.23. The monoisotopic (exact) mass is 466 g/mol. The first-order valence-corrected chi connectivity index (χ1v) is 11.2. The average Bonchev–Trinajstić information content (AvgIpc) is 2.82. The molecule has 3 heterocycles. The van der Waals surface area contributed by atoms with Crippen LogP contribution in [0.25, 0.3) is 22.0 Å². The summed E-state index contributed by atoms with van der Waals surface area (Å²) in [5.74, 6) is -0.644. The smallest absolute Gasteiger partial charge is 0.350 e. The molecule has 34 heavy (non-hydrogen) atoms. The summed E-state index contributed by atoms with van der Waals surface area (Å²) in [7, 11) is 0. The third kappa shape index (κ3) is 3.43. The van der Waals surface area contributed by atoms with Crippen molar-refractivity contribution in [2.45, 2.75) is 32.5 Å². The first-order chi connectivity index (χ1) is 16.3. The number of carbonyl (C=O) groups is 1. The fraction of sp³-hybridized carbons (Fsp3) is 0.320. The van der Waals surface area contributed by atoms with Crippen molar-refractivity contribution in [2.75, 3.05) is 24.6 Å². The minimum atomic E-state index is -0.710. The van der Waals surface area contributed by atoms with Gasteiger partial charge in [-0.3, -0.25) is 9.36 Å². The molecule has 1 saturated heterocycles. The highest BCUT2D eigenvalue weighted by Gasteiger charge is 2.34. The van der Waals surface area contributed by atoms with Crippen LogP contribution < -0.4 is 15.3 Å². The normalized spacial score (nSPS) is 19.8. The van der Waals surface area contributed by atoms with Gasteiger partial charge in [-0.15, -0.1) is 0 Å². The zero-order chi connectivity index (χ0) is 24.1. The van der Waals surface area contributed by atoms with E-state index in [4.69, 9.17) is 4.74 Å². The van der Waals surface area contributed by atoms with E-state index in [0.717, 1.165) is 6.07 Å². The number of nitrogens with zero attached hydrogens (tertiary/aromatic N) is 4. The summed E-state index contributed by atoms with van der Waals surface area (Å²) in [6.07, 6.45) is 1.30. The molecule has 0 N–H and O–H groups in total. The Morgan fingerprint density at radius 1 is 1.15 bits per heavy atom. The van der Waals surface area contributed by atoms with Gasteiger partial charge in [0.1, 0.15) is 24.1 Å². The van der Waals surface area contributed by atoms with Gasteiger partial charge in [0.15, 0.2) is 5.75 Å². The van der Waals surface area contributed by atoms with Gasteiger partial charge >= 0.3 is 5.69 Å². The van der Waals surface area contributed by atoms with Crippen molar-refractivity contribution in [1.82, 2.24) is 14.5 Å². The van der Waals surface area contributed by atoms with E-state index in [0.29, 0.717) is 47.7 Å². The lowest BCUT2D eigenvalue weighted by molar-refractivity contribution is -0.128. The van der Waals surface area contributed by atoms with E-state index < -0.39 is 17.3 Å². The number of rotatable bonds is 3. The molecule has 9 heteroatoms. The van der Waals surface area contributed by atoms with Crippen LogP contribution in [-0.2, 0) is 11.3 Å². The molecule has 3 aromatic rings. The van der Waals surface area contributed by atoms with Crippen LogP contribution in [0.4, 0.5) is 14.6 Å². The molecule has 2 aromatic carbocycles. The Morgan fingerprint density at radius 2 is 1.91 bits per heavy atom. The second-order valence-electron chi connectivity index (χ2n) is 8.73. The van der Waals surface area contributed by atoms with Crippen molar-refractivity contribution in [3.63, 3.8) is 0 Å². The number of hydrogen-bond donors (Lipinski definition) is 0. The van der Waals surface area contributed by atoms with Crippen LogP contribution in [0.5, 0.6) is 5.75 Å². The van der Waals surface area contributed by atoms with Crippen molar-refractivity contribution in [1.29, 1.82) is 0 Å². The number of anilines is 1.